The minimum atomic E-state index is -0.661. The Hall–Kier alpha value is -3.80. The van der Waals surface area contributed by atoms with Crippen LogP contribution >= 0.6 is 0 Å². The number of ether oxygens (including phenoxy) is 2. The number of carbonyl (C=O) groups excluding carboxylic acids is 2. The first kappa shape index (κ1) is 27.2. The molecule has 1 atom stereocenters. The number of nitrogens with one attached hydrogen (secondary N) is 1. The van der Waals surface area contributed by atoms with E-state index in [4.69, 9.17) is 9.47 Å². The Morgan fingerprint density at radius 1 is 0.895 bits per heavy atom. The van der Waals surface area contributed by atoms with Gasteiger partial charge in [-0.1, -0.05) is 73.9 Å². The molecule has 38 heavy (non-hydrogen) atoms. The second kappa shape index (κ2) is 13.7. The minimum absolute atomic E-state index is 0.105. The second-order valence-corrected chi connectivity index (χ2v) is 9.96. The topological polar surface area (TPSA) is 67.9 Å². The van der Waals surface area contributed by atoms with Gasteiger partial charge in [0.1, 0.15) is 17.5 Å². The molecule has 1 fully saturated rings. The maximum atomic E-state index is 13.8. The van der Waals surface area contributed by atoms with Crippen LogP contribution in [0.2, 0.25) is 0 Å². The van der Waals surface area contributed by atoms with E-state index in [1.165, 1.54) is 6.42 Å². The van der Waals surface area contributed by atoms with Gasteiger partial charge in [0, 0.05) is 19.0 Å². The van der Waals surface area contributed by atoms with Crippen molar-refractivity contribution in [2.45, 2.75) is 64.1 Å². The van der Waals surface area contributed by atoms with E-state index in [2.05, 4.69) is 5.32 Å². The summed E-state index contributed by atoms with van der Waals surface area (Å²) >= 11 is 0. The number of nitrogens with zero attached hydrogens (tertiary/aromatic N) is 1. The summed E-state index contributed by atoms with van der Waals surface area (Å²) < 4.78 is 11.1. The fourth-order valence-corrected chi connectivity index (χ4v) is 4.97. The molecule has 6 nitrogen and oxygen atoms in total. The summed E-state index contributed by atoms with van der Waals surface area (Å²) in [5.74, 6) is 0.948. The summed E-state index contributed by atoms with van der Waals surface area (Å²) in [5.41, 5.74) is 3.09. The van der Waals surface area contributed by atoms with Gasteiger partial charge in [-0.15, -0.1) is 0 Å². The van der Waals surface area contributed by atoms with Gasteiger partial charge in [-0.05, 0) is 60.7 Å². The van der Waals surface area contributed by atoms with Gasteiger partial charge < -0.3 is 19.7 Å². The largest absolute Gasteiger partial charge is 0.497 e. The smallest absolute Gasteiger partial charge is 0.261 e. The van der Waals surface area contributed by atoms with Gasteiger partial charge >= 0.3 is 0 Å². The molecule has 0 unspecified atom stereocenters. The first-order valence-electron chi connectivity index (χ1n) is 13.5. The molecule has 1 aliphatic rings. The lowest BCUT2D eigenvalue weighted by Crippen LogP contribution is -2.53. The third-order valence-corrected chi connectivity index (χ3v) is 7.25. The van der Waals surface area contributed by atoms with Crippen LogP contribution in [-0.4, -0.2) is 42.5 Å². The van der Waals surface area contributed by atoms with Crippen LogP contribution in [0.4, 0.5) is 0 Å². The van der Waals surface area contributed by atoms with E-state index >= 15 is 0 Å². The molecule has 0 saturated heterocycles. The predicted molar refractivity (Wildman–Crippen MR) is 149 cm³/mol. The summed E-state index contributed by atoms with van der Waals surface area (Å²) in [4.78, 5) is 29.3. The van der Waals surface area contributed by atoms with Gasteiger partial charge in [0.25, 0.3) is 5.91 Å². The summed E-state index contributed by atoms with van der Waals surface area (Å²) in [6.07, 6.45) is 5.85. The summed E-state index contributed by atoms with van der Waals surface area (Å²) in [6.45, 7) is 2.19. The van der Waals surface area contributed by atoms with Crippen LogP contribution in [-0.2, 0) is 22.6 Å². The molecular weight excluding hydrogens is 476 g/mol. The van der Waals surface area contributed by atoms with E-state index in [1.807, 2.05) is 61.5 Å². The molecule has 1 aliphatic carbocycles. The number of hydrogen-bond donors (Lipinski definition) is 1. The van der Waals surface area contributed by atoms with Crippen LogP contribution in [0.5, 0.6) is 11.5 Å². The van der Waals surface area contributed by atoms with Crippen molar-refractivity contribution in [2.75, 3.05) is 13.7 Å². The Bertz CT molecular complexity index is 1170. The van der Waals surface area contributed by atoms with Gasteiger partial charge in [-0.25, -0.2) is 0 Å². The third-order valence-electron chi connectivity index (χ3n) is 7.25. The quantitative estimate of drug-likeness (QED) is 0.368. The van der Waals surface area contributed by atoms with E-state index in [0.717, 1.165) is 42.4 Å². The summed E-state index contributed by atoms with van der Waals surface area (Å²) in [6, 6.07) is 24.5. The van der Waals surface area contributed by atoms with Crippen molar-refractivity contribution in [2.24, 2.45) is 0 Å². The first-order chi connectivity index (χ1) is 18.5. The lowest BCUT2D eigenvalue weighted by molar-refractivity contribution is -0.143. The van der Waals surface area contributed by atoms with E-state index < -0.39 is 6.04 Å². The number of benzene rings is 3. The maximum Gasteiger partial charge on any atom is 0.261 e. The van der Waals surface area contributed by atoms with E-state index in [9.17, 15) is 9.59 Å². The molecule has 4 rings (SSSR count). The van der Waals surface area contributed by atoms with Gasteiger partial charge in [0.05, 0.1) is 7.11 Å². The monoisotopic (exact) mass is 514 g/mol. The van der Waals surface area contributed by atoms with E-state index in [1.54, 1.807) is 36.3 Å². The molecule has 1 saturated carbocycles. The van der Waals surface area contributed by atoms with Crippen molar-refractivity contribution in [3.8, 4) is 11.5 Å². The van der Waals surface area contributed by atoms with Crippen LogP contribution in [0, 0.1) is 6.92 Å². The standard InChI is InChI=1S/C32H38N2O4/c1-24-11-9-10-14-26(24)22-34(31(35)23-38-29-19-17-28(37-2)18-20-29)30(21-25-12-5-3-6-13-25)32(36)33-27-15-7-4-8-16-27/h3,5-6,9-14,17-20,27,30H,4,7-8,15-16,21-23H2,1-2H3,(H,33,36)/t30-/m1/s1. The molecule has 0 aliphatic heterocycles. The number of aryl methyl sites for hydroxylation is 1. The summed E-state index contributed by atoms with van der Waals surface area (Å²) in [7, 11) is 1.61. The average Bonchev–Trinajstić information content (AvgIpc) is 2.96. The van der Waals surface area contributed by atoms with Crippen molar-refractivity contribution < 1.29 is 19.1 Å². The van der Waals surface area contributed by atoms with Crippen molar-refractivity contribution in [3.63, 3.8) is 0 Å². The normalized spacial score (nSPS) is 14.4. The Morgan fingerprint density at radius 3 is 2.24 bits per heavy atom. The highest BCUT2D eigenvalue weighted by molar-refractivity contribution is 5.88. The first-order valence-corrected chi connectivity index (χ1v) is 13.5. The highest BCUT2D eigenvalue weighted by Gasteiger charge is 2.32. The van der Waals surface area contributed by atoms with Crippen molar-refractivity contribution in [1.82, 2.24) is 10.2 Å². The molecule has 0 heterocycles. The van der Waals surface area contributed by atoms with Gasteiger partial charge in [0.15, 0.2) is 6.61 Å². The van der Waals surface area contributed by atoms with Crippen molar-refractivity contribution in [1.29, 1.82) is 0 Å². The zero-order chi connectivity index (χ0) is 26.7. The van der Waals surface area contributed by atoms with Crippen molar-refractivity contribution in [3.05, 3.63) is 95.6 Å². The molecule has 1 N–H and O–H groups in total. The zero-order valence-corrected chi connectivity index (χ0v) is 22.4. The van der Waals surface area contributed by atoms with Crippen LogP contribution < -0.4 is 14.8 Å². The highest BCUT2D eigenvalue weighted by Crippen LogP contribution is 2.21. The molecule has 3 aromatic carbocycles. The predicted octanol–water partition coefficient (Wildman–Crippen LogP) is 5.47. The van der Waals surface area contributed by atoms with Crippen LogP contribution in [0.25, 0.3) is 0 Å². The fourth-order valence-electron chi connectivity index (χ4n) is 4.97. The van der Waals surface area contributed by atoms with Crippen LogP contribution in [0.1, 0.15) is 48.8 Å². The maximum absolute atomic E-state index is 13.8. The molecule has 0 aromatic heterocycles. The number of rotatable bonds is 11. The number of carbonyl (C=O) groups is 2. The second-order valence-electron chi connectivity index (χ2n) is 9.96. The van der Waals surface area contributed by atoms with E-state index in [-0.39, 0.29) is 24.5 Å². The molecule has 0 spiro atoms. The van der Waals surface area contributed by atoms with Gasteiger partial charge in [-0.3, -0.25) is 9.59 Å². The molecule has 6 heteroatoms. The van der Waals surface area contributed by atoms with Crippen molar-refractivity contribution >= 4 is 11.8 Å². The number of amides is 2. The van der Waals surface area contributed by atoms with Crippen LogP contribution in [0.3, 0.4) is 0 Å². The molecular formula is C32H38N2O4. The Labute approximate surface area is 226 Å². The third kappa shape index (κ3) is 7.60. The number of methoxy groups -OCH3 is 1. The molecule has 3 aromatic rings. The van der Waals surface area contributed by atoms with Gasteiger partial charge in [-0.2, -0.15) is 0 Å². The van der Waals surface area contributed by atoms with Crippen LogP contribution in [0.15, 0.2) is 78.9 Å². The molecule has 200 valence electrons. The summed E-state index contributed by atoms with van der Waals surface area (Å²) in [5, 5.41) is 3.27. The lowest BCUT2D eigenvalue weighted by atomic mass is 9.94. The van der Waals surface area contributed by atoms with Gasteiger partial charge in [0.2, 0.25) is 5.91 Å². The molecule has 0 bridgehead atoms. The Balaban J connectivity index is 1.60. The Kier molecular flexibility index (Phi) is 9.79. The fraction of sp³-hybridized carbons (Fsp3) is 0.375. The average molecular weight is 515 g/mol. The zero-order valence-electron chi connectivity index (χ0n) is 22.4. The highest BCUT2D eigenvalue weighted by atomic mass is 16.5. The molecule has 2 amide bonds. The molecule has 0 radical (unpaired) electrons. The van der Waals surface area contributed by atoms with E-state index in [0.29, 0.717) is 24.5 Å². The SMILES string of the molecule is COc1ccc(OCC(=O)N(Cc2ccccc2C)[C@H](Cc2ccccc2)C(=O)NC2CCCCC2)cc1. The Morgan fingerprint density at radius 2 is 1.55 bits per heavy atom. The number of hydrogen-bond acceptors (Lipinski definition) is 4. The lowest BCUT2D eigenvalue weighted by Gasteiger charge is -2.33. The minimum Gasteiger partial charge on any atom is -0.497 e.